The van der Waals surface area contributed by atoms with E-state index in [1.54, 1.807) is 12.1 Å². The molecule has 0 aliphatic heterocycles. The number of nitrogens with zero attached hydrogens (tertiary/aromatic N) is 1. The van der Waals surface area contributed by atoms with Crippen molar-refractivity contribution in [3.8, 4) is 0 Å². The zero-order valence-corrected chi connectivity index (χ0v) is 7.43. The number of allylic oxidation sites excluding steroid dienone is 1. The second-order valence-electron chi connectivity index (χ2n) is 2.53. The van der Waals surface area contributed by atoms with Crippen molar-refractivity contribution in [3.05, 3.63) is 40.3 Å². The molecule has 0 atom stereocenters. The lowest BCUT2D eigenvalue weighted by Crippen LogP contribution is -1.78. The molecular formula is C9H8ClNO. The maximum Gasteiger partial charge on any atom is 0.116 e. The molecule has 1 aromatic rings. The van der Waals surface area contributed by atoms with Gasteiger partial charge < -0.3 is 0 Å². The Morgan fingerprint density at radius 3 is 2.75 bits per heavy atom. The summed E-state index contributed by atoms with van der Waals surface area (Å²) in [6.45, 7) is 5.54. The lowest BCUT2D eigenvalue weighted by molar-refractivity contribution is 1.45. The molecule has 0 heterocycles. The molecule has 0 radical (unpaired) electrons. The second-order valence-corrected chi connectivity index (χ2v) is 2.97. The summed E-state index contributed by atoms with van der Waals surface area (Å²) in [4.78, 5) is 10.3. The molecule has 0 N–H and O–H groups in total. The smallest absolute Gasteiger partial charge is 0.116 e. The summed E-state index contributed by atoms with van der Waals surface area (Å²) in [5, 5.41) is 3.37. The summed E-state index contributed by atoms with van der Waals surface area (Å²) in [7, 11) is 0. The first-order valence-electron chi connectivity index (χ1n) is 3.44. The average molecular weight is 182 g/mol. The minimum atomic E-state index is 0.343. The van der Waals surface area contributed by atoms with E-state index in [4.69, 9.17) is 11.6 Å². The maximum absolute atomic E-state index is 10.3. The van der Waals surface area contributed by atoms with Crippen LogP contribution in [0.25, 0.3) is 5.57 Å². The molecule has 0 aliphatic carbocycles. The van der Waals surface area contributed by atoms with Gasteiger partial charge in [-0.3, -0.25) is 0 Å². The van der Waals surface area contributed by atoms with Crippen LogP contribution in [-0.4, -0.2) is 0 Å². The van der Waals surface area contributed by atoms with Gasteiger partial charge in [-0.15, -0.1) is 4.91 Å². The number of nitroso groups, excluding NO2 is 1. The highest BCUT2D eigenvalue weighted by Gasteiger charge is 2.03. The summed E-state index contributed by atoms with van der Waals surface area (Å²) < 4.78 is 0. The monoisotopic (exact) mass is 181 g/mol. The van der Waals surface area contributed by atoms with E-state index in [9.17, 15) is 4.91 Å². The van der Waals surface area contributed by atoms with Gasteiger partial charge in [-0.2, -0.15) is 0 Å². The zero-order valence-electron chi connectivity index (χ0n) is 6.67. The molecule has 0 amide bonds. The van der Waals surface area contributed by atoms with Crippen molar-refractivity contribution in [2.24, 2.45) is 5.18 Å². The van der Waals surface area contributed by atoms with Gasteiger partial charge in [0.1, 0.15) is 5.69 Å². The molecule has 0 spiro atoms. The second kappa shape index (κ2) is 3.50. The fourth-order valence-electron chi connectivity index (χ4n) is 0.941. The molecule has 0 fully saturated rings. The largest absolute Gasteiger partial charge is 0.145 e. The maximum atomic E-state index is 10.3. The molecule has 0 unspecified atom stereocenters. The minimum absolute atomic E-state index is 0.343. The van der Waals surface area contributed by atoms with Gasteiger partial charge in [0.25, 0.3) is 0 Å². The van der Waals surface area contributed by atoms with Crippen molar-refractivity contribution >= 4 is 22.9 Å². The highest BCUT2D eigenvalue weighted by molar-refractivity contribution is 6.30. The lowest BCUT2D eigenvalue weighted by atomic mass is 10.1. The van der Waals surface area contributed by atoms with E-state index in [1.165, 1.54) is 6.07 Å². The molecule has 0 aromatic heterocycles. The molecule has 0 bridgehead atoms. The van der Waals surface area contributed by atoms with Crippen LogP contribution in [0.2, 0.25) is 5.02 Å². The number of rotatable bonds is 2. The molecule has 1 rings (SSSR count). The van der Waals surface area contributed by atoms with Crippen molar-refractivity contribution in [2.75, 3.05) is 0 Å². The van der Waals surface area contributed by atoms with Crippen molar-refractivity contribution < 1.29 is 0 Å². The number of benzene rings is 1. The molecule has 2 nitrogen and oxygen atoms in total. The van der Waals surface area contributed by atoms with E-state index < -0.39 is 0 Å². The van der Waals surface area contributed by atoms with Gasteiger partial charge in [0.2, 0.25) is 0 Å². The SMILES string of the molecule is C=C(C)c1ccc(Cl)cc1N=O. The Kier molecular flexibility index (Phi) is 2.61. The Bertz CT molecular complexity index is 333. The first kappa shape index (κ1) is 8.94. The molecule has 62 valence electrons. The predicted molar refractivity (Wildman–Crippen MR) is 51.6 cm³/mol. The van der Waals surface area contributed by atoms with Crippen LogP contribution in [-0.2, 0) is 0 Å². The van der Waals surface area contributed by atoms with Crippen LogP contribution < -0.4 is 0 Å². The van der Waals surface area contributed by atoms with Crippen molar-refractivity contribution in [2.45, 2.75) is 6.92 Å². The minimum Gasteiger partial charge on any atom is -0.145 e. The lowest BCUT2D eigenvalue weighted by Gasteiger charge is -2.01. The van der Waals surface area contributed by atoms with Gasteiger partial charge in [0.05, 0.1) is 0 Å². The van der Waals surface area contributed by atoms with Crippen LogP contribution in [0.4, 0.5) is 5.69 Å². The van der Waals surface area contributed by atoms with E-state index in [-0.39, 0.29) is 0 Å². The Labute approximate surface area is 75.8 Å². The molecule has 1 aromatic carbocycles. The average Bonchev–Trinajstić information content (AvgIpc) is 2.03. The van der Waals surface area contributed by atoms with Crippen molar-refractivity contribution in [3.63, 3.8) is 0 Å². The summed E-state index contributed by atoms with van der Waals surface area (Å²) >= 11 is 5.67. The van der Waals surface area contributed by atoms with E-state index in [0.717, 1.165) is 11.1 Å². The number of halogens is 1. The van der Waals surface area contributed by atoms with E-state index >= 15 is 0 Å². The van der Waals surface area contributed by atoms with Gasteiger partial charge in [-0.25, -0.2) is 0 Å². The molecular weight excluding hydrogens is 174 g/mol. The first-order valence-corrected chi connectivity index (χ1v) is 3.81. The van der Waals surface area contributed by atoms with Crippen molar-refractivity contribution in [1.82, 2.24) is 0 Å². The topological polar surface area (TPSA) is 29.4 Å². The Hall–Kier alpha value is -1.15. The van der Waals surface area contributed by atoms with E-state index in [0.29, 0.717) is 10.7 Å². The number of hydrogen-bond donors (Lipinski definition) is 0. The third kappa shape index (κ3) is 1.71. The van der Waals surface area contributed by atoms with Crippen LogP contribution in [0.1, 0.15) is 12.5 Å². The summed E-state index contributed by atoms with van der Waals surface area (Å²) in [6.07, 6.45) is 0. The molecule has 12 heavy (non-hydrogen) atoms. The molecule has 0 saturated heterocycles. The van der Waals surface area contributed by atoms with Crippen molar-refractivity contribution in [1.29, 1.82) is 0 Å². The molecule has 0 saturated carbocycles. The fraction of sp³-hybridized carbons (Fsp3) is 0.111. The van der Waals surface area contributed by atoms with Gasteiger partial charge >= 0.3 is 0 Å². The number of hydrogen-bond acceptors (Lipinski definition) is 2. The van der Waals surface area contributed by atoms with Crippen LogP contribution in [0.5, 0.6) is 0 Å². The Balaban J connectivity index is 3.29. The van der Waals surface area contributed by atoms with Gasteiger partial charge in [0, 0.05) is 10.6 Å². The van der Waals surface area contributed by atoms with Crippen LogP contribution >= 0.6 is 11.6 Å². The fourth-order valence-corrected chi connectivity index (χ4v) is 1.11. The molecule has 0 aliphatic rings. The van der Waals surface area contributed by atoms with Gasteiger partial charge in [0.15, 0.2) is 0 Å². The Morgan fingerprint density at radius 2 is 2.25 bits per heavy atom. The summed E-state index contributed by atoms with van der Waals surface area (Å²) in [5.74, 6) is 0. The molecule has 3 heteroatoms. The highest BCUT2D eigenvalue weighted by Crippen LogP contribution is 2.27. The predicted octanol–water partition coefficient (Wildman–Crippen LogP) is 3.77. The van der Waals surface area contributed by atoms with Crippen LogP contribution in [0.15, 0.2) is 30.0 Å². The first-order chi connectivity index (χ1) is 5.65. The third-order valence-corrected chi connectivity index (χ3v) is 1.75. The third-order valence-electron chi connectivity index (χ3n) is 1.52. The standard InChI is InChI=1S/C9H8ClNO/c1-6(2)8-4-3-7(10)5-9(8)11-12/h3-5H,1H2,2H3. The quantitative estimate of drug-likeness (QED) is 0.639. The normalized spacial score (nSPS) is 9.50. The van der Waals surface area contributed by atoms with Crippen LogP contribution in [0, 0.1) is 4.91 Å². The van der Waals surface area contributed by atoms with Gasteiger partial charge in [-0.05, 0) is 29.8 Å². The van der Waals surface area contributed by atoms with Gasteiger partial charge in [-0.1, -0.05) is 24.2 Å². The summed E-state index contributed by atoms with van der Waals surface area (Å²) in [6, 6.07) is 4.97. The highest BCUT2D eigenvalue weighted by atomic mass is 35.5. The van der Waals surface area contributed by atoms with Crippen LogP contribution in [0.3, 0.4) is 0 Å². The van der Waals surface area contributed by atoms with E-state index in [1.807, 2.05) is 6.92 Å². The zero-order chi connectivity index (χ0) is 9.14. The Morgan fingerprint density at radius 1 is 1.58 bits per heavy atom. The summed E-state index contributed by atoms with van der Waals surface area (Å²) in [5.41, 5.74) is 1.89. The van der Waals surface area contributed by atoms with E-state index in [2.05, 4.69) is 11.8 Å².